The number of hydrogen-bond acceptors (Lipinski definition) is 1. The van der Waals surface area contributed by atoms with Gasteiger partial charge in [0.15, 0.2) is 0 Å². The molecule has 2 aliphatic heterocycles. The van der Waals surface area contributed by atoms with Crippen LogP contribution < -0.4 is 0 Å². The molecule has 2 saturated heterocycles. The van der Waals surface area contributed by atoms with Crippen LogP contribution >= 0.6 is 0 Å². The molecule has 1 aliphatic carbocycles. The molecule has 3 nitrogen and oxygen atoms in total. The van der Waals surface area contributed by atoms with Gasteiger partial charge in [0, 0.05) is 12.1 Å². The molecule has 2 atom stereocenters. The Labute approximate surface area is 59.6 Å². The summed E-state index contributed by atoms with van der Waals surface area (Å²) in [4.78, 5) is 12.1. The van der Waals surface area contributed by atoms with Crippen LogP contribution in [0.1, 0.15) is 25.7 Å². The van der Waals surface area contributed by atoms with Crippen LogP contribution in [0.2, 0.25) is 0 Å². The summed E-state index contributed by atoms with van der Waals surface area (Å²) in [6.07, 6.45) is 3.79. The van der Waals surface area contributed by atoms with Crippen molar-refractivity contribution in [2.75, 3.05) is 0 Å². The Hall–Kier alpha value is -0.730. The molecule has 0 aromatic rings. The zero-order valence-electron chi connectivity index (χ0n) is 5.79. The summed E-state index contributed by atoms with van der Waals surface area (Å²) >= 11 is 0. The number of hydrogen-bond donors (Lipinski definition) is 1. The van der Waals surface area contributed by atoms with Crippen molar-refractivity contribution in [3.8, 4) is 0 Å². The Morgan fingerprint density at radius 2 is 2.00 bits per heavy atom. The molecule has 1 amide bonds. The van der Waals surface area contributed by atoms with Gasteiger partial charge in [-0.1, -0.05) is 0 Å². The van der Waals surface area contributed by atoms with Crippen molar-refractivity contribution in [1.29, 1.82) is 0 Å². The van der Waals surface area contributed by atoms with Crippen LogP contribution in [0.4, 0.5) is 4.79 Å². The molecule has 0 aromatic heterocycles. The van der Waals surface area contributed by atoms with Crippen molar-refractivity contribution in [2.45, 2.75) is 37.8 Å². The molecule has 0 radical (unpaired) electrons. The summed E-state index contributed by atoms with van der Waals surface area (Å²) in [5.74, 6) is 0. The van der Waals surface area contributed by atoms with E-state index in [1.165, 1.54) is 6.42 Å². The van der Waals surface area contributed by atoms with E-state index in [4.69, 9.17) is 5.11 Å². The van der Waals surface area contributed by atoms with Gasteiger partial charge in [0.1, 0.15) is 0 Å². The zero-order valence-corrected chi connectivity index (χ0v) is 5.79. The molecule has 0 spiro atoms. The molecular weight excluding hydrogens is 130 g/mol. The van der Waals surface area contributed by atoms with E-state index in [-0.39, 0.29) is 0 Å². The highest BCUT2D eigenvalue weighted by Gasteiger charge is 2.44. The van der Waals surface area contributed by atoms with Gasteiger partial charge in [-0.3, -0.25) is 0 Å². The van der Waals surface area contributed by atoms with Crippen LogP contribution in [0.3, 0.4) is 0 Å². The van der Waals surface area contributed by atoms with Gasteiger partial charge in [0.25, 0.3) is 0 Å². The molecule has 1 N–H and O–H groups in total. The molecule has 2 bridgehead atoms. The number of nitrogens with zero attached hydrogens (tertiary/aromatic N) is 1. The first-order chi connectivity index (χ1) is 4.79. The SMILES string of the molecule is O=C(O)N1C2CCCC1C2. The number of amides is 1. The lowest BCUT2D eigenvalue weighted by Crippen LogP contribution is -2.60. The van der Waals surface area contributed by atoms with Crippen molar-refractivity contribution in [2.24, 2.45) is 0 Å². The first-order valence-electron chi connectivity index (χ1n) is 3.80. The van der Waals surface area contributed by atoms with Gasteiger partial charge in [-0.25, -0.2) is 4.79 Å². The highest BCUT2D eigenvalue weighted by molar-refractivity contribution is 5.67. The molecular formula is C7H11NO2. The van der Waals surface area contributed by atoms with E-state index in [1.807, 2.05) is 0 Å². The molecule has 2 heterocycles. The fraction of sp³-hybridized carbons (Fsp3) is 0.857. The van der Waals surface area contributed by atoms with E-state index in [9.17, 15) is 4.79 Å². The minimum atomic E-state index is -0.721. The Kier molecular flexibility index (Phi) is 1.13. The van der Waals surface area contributed by atoms with Crippen molar-refractivity contribution in [3.05, 3.63) is 0 Å². The molecule has 3 aliphatic rings. The van der Waals surface area contributed by atoms with Crippen molar-refractivity contribution < 1.29 is 9.90 Å². The predicted molar refractivity (Wildman–Crippen MR) is 35.9 cm³/mol. The smallest absolute Gasteiger partial charge is 0.407 e. The normalized spacial score (nSPS) is 37.0. The van der Waals surface area contributed by atoms with E-state index >= 15 is 0 Å². The van der Waals surface area contributed by atoms with Crippen LogP contribution in [0.25, 0.3) is 0 Å². The molecule has 2 unspecified atom stereocenters. The lowest BCUT2D eigenvalue weighted by Gasteiger charge is -2.51. The fourth-order valence-corrected chi connectivity index (χ4v) is 2.12. The topological polar surface area (TPSA) is 40.5 Å². The third kappa shape index (κ3) is 0.632. The van der Waals surface area contributed by atoms with E-state index in [0.717, 1.165) is 19.3 Å². The molecule has 10 heavy (non-hydrogen) atoms. The number of carboxylic acid groups (broad SMARTS) is 1. The van der Waals surface area contributed by atoms with Gasteiger partial charge >= 0.3 is 6.09 Å². The average Bonchev–Trinajstić information content (AvgIpc) is 1.87. The summed E-state index contributed by atoms with van der Waals surface area (Å²) < 4.78 is 0. The largest absolute Gasteiger partial charge is 0.465 e. The maximum atomic E-state index is 10.5. The van der Waals surface area contributed by atoms with Gasteiger partial charge in [0.2, 0.25) is 0 Å². The maximum absolute atomic E-state index is 10.5. The number of carbonyl (C=O) groups is 1. The molecule has 3 fully saturated rings. The predicted octanol–water partition coefficient (Wildman–Crippen LogP) is 1.29. The Morgan fingerprint density at radius 1 is 1.40 bits per heavy atom. The van der Waals surface area contributed by atoms with Gasteiger partial charge in [0.05, 0.1) is 0 Å². The van der Waals surface area contributed by atoms with Gasteiger partial charge < -0.3 is 10.0 Å². The van der Waals surface area contributed by atoms with Crippen LogP contribution in [-0.4, -0.2) is 28.2 Å². The van der Waals surface area contributed by atoms with Crippen LogP contribution in [0.15, 0.2) is 0 Å². The monoisotopic (exact) mass is 141 g/mol. The van der Waals surface area contributed by atoms with Crippen LogP contribution in [0.5, 0.6) is 0 Å². The summed E-state index contributed by atoms with van der Waals surface area (Å²) in [6, 6.07) is 0.743. The summed E-state index contributed by atoms with van der Waals surface area (Å²) in [6.45, 7) is 0. The van der Waals surface area contributed by atoms with Gasteiger partial charge in [-0.15, -0.1) is 0 Å². The zero-order chi connectivity index (χ0) is 7.14. The average molecular weight is 141 g/mol. The van der Waals surface area contributed by atoms with E-state index < -0.39 is 6.09 Å². The summed E-state index contributed by atoms with van der Waals surface area (Å²) in [7, 11) is 0. The third-order valence-corrected chi connectivity index (χ3v) is 2.63. The van der Waals surface area contributed by atoms with E-state index in [1.54, 1.807) is 4.90 Å². The summed E-state index contributed by atoms with van der Waals surface area (Å²) in [5.41, 5.74) is 0. The Balaban J connectivity index is 2.06. The Bertz CT molecular complexity index is 155. The van der Waals surface area contributed by atoms with Crippen LogP contribution in [0, 0.1) is 0 Å². The lowest BCUT2D eigenvalue weighted by atomic mass is 9.80. The highest BCUT2D eigenvalue weighted by Crippen LogP contribution is 2.37. The quantitative estimate of drug-likeness (QED) is 0.552. The lowest BCUT2D eigenvalue weighted by molar-refractivity contribution is -0.0106. The third-order valence-electron chi connectivity index (χ3n) is 2.63. The molecule has 3 rings (SSSR count). The fourth-order valence-electron chi connectivity index (χ4n) is 2.12. The van der Waals surface area contributed by atoms with Gasteiger partial charge in [-0.05, 0) is 25.7 Å². The van der Waals surface area contributed by atoms with Crippen molar-refractivity contribution in [3.63, 3.8) is 0 Å². The van der Waals surface area contributed by atoms with Crippen molar-refractivity contribution >= 4 is 6.09 Å². The molecule has 56 valence electrons. The number of fused-ring (bicyclic) bond motifs is 2. The van der Waals surface area contributed by atoms with Crippen LogP contribution in [-0.2, 0) is 0 Å². The Morgan fingerprint density at radius 3 is 2.30 bits per heavy atom. The summed E-state index contributed by atoms with van der Waals surface area (Å²) in [5, 5.41) is 8.66. The van der Waals surface area contributed by atoms with Crippen molar-refractivity contribution in [1.82, 2.24) is 4.90 Å². The standard InChI is InChI=1S/C7H11NO2/c9-7(10)8-5-2-1-3-6(8)4-5/h5-6H,1-4H2,(H,9,10). The second-order valence-corrected chi connectivity index (χ2v) is 3.16. The highest BCUT2D eigenvalue weighted by atomic mass is 16.4. The number of piperidine rings is 1. The van der Waals surface area contributed by atoms with E-state index in [0.29, 0.717) is 12.1 Å². The second kappa shape index (κ2) is 1.87. The second-order valence-electron chi connectivity index (χ2n) is 3.16. The molecule has 0 aromatic carbocycles. The molecule has 1 saturated carbocycles. The minimum Gasteiger partial charge on any atom is -0.465 e. The molecule has 3 heteroatoms. The van der Waals surface area contributed by atoms with Gasteiger partial charge in [-0.2, -0.15) is 0 Å². The first kappa shape index (κ1) is 6.01. The van der Waals surface area contributed by atoms with E-state index in [2.05, 4.69) is 0 Å². The minimum absolute atomic E-state index is 0.372. The maximum Gasteiger partial charge on any atom is 0.407 e. The number of rotatable bonds is 0. The first-order valence-corrected chi connectivity index (χ1v) is 3.80.